The molecule has 0 saturated heterocycles. The van der Waals surface area contributed by atoms with Gasteiger partial charge < -0.3 is 4.74 Å². The number of nitrogens with zero attached hydrogens (tertiary/aromatic N) is 2. The molecule has 1 aliphatic rings. The van der Waals surface area contributed by atoms with Gasteiger partial charge in [-0.3, -0.25) is 9.36 Å². The highest BCUT2D eigenvalue weighted by atomic mass is 35.5. The van der Waals surface area contributed by atoms with Gasteiger partial charge in [0.15, 0.2) is 5.16 Å². The van der Waals surface area contributed by atoms with Crippen molar-refractivity contribution in [3.05, 3.63) is 50.1 Å². The molecule has 3 aromatic rings. The van der Waals surface area contributed by atoms with Crippen molar-refractivity contribution in [3.63, 3.8) is 0 Å². The first-order valence-electron chi connectivity index (χ1n) is 8.16. The lowest BCUT2D eigenvalue weighted by atomic mass is 10.2. The smallest absolute Gasteiger partial charge is 0.262 e. The van der Waals surface area contributed by atoms with Gasteiger partial charge in [0.2, 0.25) is 0 Å². The Morgan fingerprint density at radius 2 is 2.20 bits per heavy atom. The molecule has 0 saturated carbocycles. The maximum absolute atomic E-state index is 12.7. The summed E-state index contributed by atoms with van der Waals surface area (Å²) in [4.78, 5) is 19.7. The van der Waals surface area contributed by atoms with E-state index in [-0.39, 0.29) is 5.56 Å². The minimum absolute atomic E-state index is 0.0684. The van der Waals surface area contributed by atoms with Crippen LogP contribution in [0.5, 0.6) is 5.75 Å². The van der Waals surface area contributed by atoms with Crippen LogP contribution in [0.4, 0.5) is 0 Å². The standard InChI is InChI=1S/C18H17ClN2O2S2/c1-21-17(22)15-11-5-4-8-14(11)25-16(15)20-18(21)24-10-9-23-13-7-3-2-6-12(13)19/h2-3,6-7H,4-5,8-10H2,1H3. The molecule has 2 heterocycles. The lowest BCUT2D eigenvalue weighted by Crippen LogP contribution is -2.20. The predicted molar refractivity (Wildman–Crippen MR) is 105 cm³/mol. The predicted octanol–water partition coefficient (Wildman–Crippen LogP) is 4.31. The summed E-state index contributed by atoms with van der Waals surface area (Å²) in [5.41, 5.74) is 1.30. The molecule has 2 aromatic heterocycles. The number of thiophene rings is 1. The Morgan fingerprint density at radius 3 is 3.04 bits per heavy atom. The number of thioether (sulfide) groups is 1. The molecule has 1 aromatic carbocycles. The summed E-state index contributed by atoms with van der Waals surface area (Å²) in [5.74, 6) is 1.37. The van der Waals surface area contributed by atoms with Gasteiger partial charge in [0.1, 0.15) is 10.6 Å². The van der Waals surface area contributed by atoms with E-state index < -0.39 is 0 Å². The normalized spacial score (nSPS) is 13.4. The minimum Gasteiger partial charge on any atom is -0.491 e. The van der Waals surface area contributed by atoms with Gasteiger partial charge in [-0.05, 0) is 37.0 Å². The zero-order valence-corrected chi connectivity index (χ0v) is 16.1. The van der Waals surface area contributed by atoms with E-state index in [0.717, 1.165) is 34.6 Å². The first kappa shape index (κ1) is 16.9. The number of halogens is 1. The molecule has 0 atom stereocenters. The zero-order chi connectivity index (χ0) is 17.4. The first-order chi connectivity index (χ1) is 12.1. The van der Waals surface area contributed by atoms with E-state index in [1.165, 1.54) is 22.2 Å². The van der Waals surface area contributed by atoms with E-state index in [0.29, 0.717) is 23.1 Å². The van der Waals surface area contributed by atoms with Crippen LogP contribution in [-0.4, -0.2) is 21.9 Å². The maximum atomic E-state index is 12.7. The van der Waals surface area contributed by atoms with E-state index in [1.807, 2.05) is 18.2 Å². The Hall–Kier alpha value is -1.50. The summed E-state index contributed by atoms with van der Waals surface area (Å²) in [7, 11) is 1.80. The van der Waals surface area contributed by atoms with Gasteiger partial charge in [-0.15, -0.1) is 11.3 Å². The van der Waals surface area contributed by atoms with Gasteiger partial charge in [0, 0.05) is 17.7 Å². The summed E-state index contributed by atoms with van der Waals surface area (Å²) in [6.45, 7) is 0.503. The quantitative estimate of drug-likeness (QED) is 0.368. The average molecular weight is 393 g/mol. The Kier molecular flexibility index (Phi) is 4.75. The van der Waals surface area contributed by atoms with Crippen LogP contribution in [0.25, 0.3) is 10.2 Å². The molecule has 7 heteroatoms. The van der Waals surface area contributed by atoms with Crippen molar-refractivity contribution in [3.8, 4) is 5.75 Å². The van der Waals surface area contributed by atoms with Crippen molar-refractivity contribution in [2.24, 2.45) is 7.05 Å². The summed E-state index contributed by atoms with van der Waals surface area (Å²) in [6.07, 6.45) is 3.23. The average Bonchev–Trinajstić information content (AvgIpc) is 3.18. The number of hydrogen-bond donors (Lipinski definition) is 0. The number of para-hydroxylation sites is 1. The SMILES string of the molecule is Cn1c(SCCOc2ccccc2Cl)nc2sc3c(c2c1=O)CCC3. The number of benzene rings is 1. The highest BCUT2D eigenvalue weighted by molar-refractivity contribution is 7.99. The lowest BCUT2D eigenvalue weighted by Gasteiger charge is -2.09. The molecular weight excluding hydrogens is 376 g/mol. The maximum Gasteiger partial charge on any atom is 0.262 e. The number of ether oxygens (including phenoxy) is 1. The van der Waals surface area contributed by atoms with Gasteiger partial charge in [-0.2, -0.15) is 0 Å². The molecule has 0 amide bonds. The van der Waals surface area contributed by atoms with Crippen LogP contribution in [0.15, 0.2) is 34.2 Å². The molecule has 1 aliphatic carbocycles. The molecule has 0 N–H and O–H groups in total. The minimum atomic E-state index is 0.0684. The summed E-state index contributed by atoms with van der Waals surface area (Å²) in [5, 5.41) is 2.17. The zero-order valence-electron chi connectivity index (χ0n) is 13.8. The second-order valence-electron chi connectivity index (χ2n) is 5.92. The van der Waals surface area contributed by atoms with Gasteiger partial charge in [-0.25, -0.2) is 4.98 Å². The van der Waals surface area contributed by atoms with Crippen LogP contribution in [0.3, 0.4) is 0 Å². The van der Waals surface area contributed by atoms with Crippen molar-refractivity contribution in [2.45, 2.75) is 24.4 Å². The number of aromatic nitrogens is 2. The highest BCUT2D eigenvalue weighted by Crippen LogP contribution is 2.35. The third-order valence-electron chi connectivity index (χ3n) is 4.31. The number of aryl methyl sites for hydroxylation is 2. The third kappa shape index (κ3) is 3.18. The number of hydrogen-bond acceptors (Lipinski definition) is 5. The van der Waals surface area contributed by atoms with Gasteiger partial charge in [0.25, 0.3) is 5.56 Å². The Bertz CT molecular complexity index is 997. The van der Waals surface area contributed by atoms with Crippen LogP contribution >= 0.6 is 34.7 Å². The van der Waals surface area contributed by atoms with Gasteiger partial charge in [0.05, 0.1) is 17.0 Å². The van der Waals surface area contributed by atoms with Crippen LogP contribution in [-0.2, 0) is 19.9 Å². The number of rotatable bonds is 5. The van der Waals surface area contributed by atoms with E-state index in [2.05, 4.69) is 0 Å². The fourth-order valence-corrected chi connectivity index (χ4v) is 5.36. The van der Waals surface area contributed by atoms with E-state index >= 15 is 0 Å². The fourth-order valence-electron chi connectivity index (χ4n) is 3.08. The molecule has 25 heavy (non-hydrogen) atoms. The largest absolute Gasteiger partial charge is 0.491 e. The molecule has 4 nitrogen and oxygen atoms in total. The van der Waals surface area contributed by atoms with E-state index in [9.17, 15) is 4.79 Å². The summed E-state index contributed by atoms with van der Waals surface area (Å²) < 4.78 is 7.36. The molecule has 0 fully saturated rings. The summed E-state index contributed by atoms with van der Waals surface area (Å²) in [6, 6.07) is 7.42. The van der Waals surface area contributed by atoms with Crippen LogP contribution in [0.1, 0.15) is 16.9 Å². The molecule has 130 valence electrons. The van der Waals surface area contributed by atoms with Gasteiger partial charge >= 0.3 is 0 Å². The molecule has 0 unspecified atom stereocenters. The lowest BCUT2D eigenvalue weighted by molar-refractivity contribution is 0.344. The molecule has 0 radical (unpaired) electrons. The molecule has 0 aliphatic heterocycles. The second kappa shape index (κ2) is 7.02. The van der Waals surface area contributed by atoms with Crippen molar-refractivity contribution in [2.75, 3.05) is 12.4 Å². The molecule has 4 rings (SSSR count). The van der Waals surface area contributed by atoms with Gasteiger partial charge in [-0.1, -0.05) is 35.5 Å². The fraction of sp³-hybridized carbons (Fsp3) is 0.333. The first-order valence-corrected chi connectivity index (χ1v) is 10.3. The summed E-state index contributed by atoms with van der Waals surface area (Å²) >= 11 is 9.29. The Morgan fingerprint density at radius 1 is 1.36 bits per heavy atom. The highest BCUT2D eigenvalue weighted by Gasteiger charge is 2.22. The van der Waals surface area contributed by atoms with Crippen molar-refractivity contribution < 1.29 is 4.74 Å². The van der Waals surface area contributed by atoms with Crippen LogP contribution < -0.4 is 10.3 Å². The molecule has 0 bridgehead atoms. The number of fused-ring (bicyclic) bond motifs is 3. The third-order valence-corrected chi connectivity index (χ3v) is 6.81. The van der Waals surface area contributed by atoms with Crippen molar-refractivity contribution in [1.29, 1.82) is 0 Å². The molecular formula is C18H17ClN2O2S2. The van der Waals surface area contributed by atoms with Crippen molar-refractivity contribution >= 4 is 44.9 Å². The Balaban J connectivity index is 1.49. The van der Waals surface area contributed by atoms with Crippen LogP contribution in [0.2, 0.25) is 5.02 Å². The van der Waals surface area contributed by atoms with Crippen molar-refractivity contribution in [1.82, 2.24) is 9.55 Å². The monoisotopic (exact) mass is 392 g/mol. The molecule has 0 spiro atoms. The Labute approximate surface area is 158 Å². The van der Waals surface area contributed by atoms with Crippen LogP contribution in [0, 0.1) is 0 Å². The second-order valence-corrected chi connectivity index (χ2v) is 8.48. The topological polar surface area (TPSA) is 44.1 Å². The van der Waals surface area contributed by atoms with E-state index in [1.54, 1.807) is 29.0 Å². The van der Waals surface area contributed by atoms with E-state index in [4.69, 9.17) is 21.3 Å².